The molecule has 1 aliphatic heterocycles. The molecule has 4 amide bonds. The van der Waals surface area contributed by atoms with Gasteiger partial charge in [0.05, 0.1) is 17.8 Å². The lowest BCUT2D eigenvalue weighted by Gasteiger charge is -2.26. The van der Waals surface area contributed by atoms with Crippen molar-refractivity contribution in [1.29, 1.82) is 0 Å². The van der Waals surface area contributed by atoms with Crippen LogP contribution in [0.1, 0.15) is 22.3 Å². The number of anilines is 1. The van der Waals surface area contributed by atoms with Crippen LogP contribution < -0.4 is 24.4 Å². The Morgan fingerprint density at radius 3 is 2.33 bits per heavy atom. The van der Waals surface area contributed by atoms with Crippen LogP contribution in [0.3, 0.4) is 0 Å². The molecule has 0 bridgehead atoms. The summed E-state index contributed by atoms with van der Waals surface area (Å²) in [6, 6.07) is 25.8. The topological polar surface area (TPSA) is 94.2 Å². The Labute approximate surface area is 291 Å². The van der Waals surface area contributed by atoms with Crippen LogP contribution in [-0.4, -0.2) is 25.0 Å². The smallest absolute Gasteiger partial charge is 0.335 e. The molecular weight excluding hydrogens is 675 g/mol. The molecule has 0 spiro atoms. The van der Waals surface area contributed by atoms with E-state index >= 15 is 0 Å². The van der Waals surface area contributed by atoms with Gasteiger partial charge in [-0.25, -0.2) is 9.69 Å². The summed E-state index contributed by atoms with van der Waals surface area (Å²) in [5.41, 5.74) is 3.16. The Morgan fingerprint density at radius 1 is 0.812 bits per heavy atom. The second-order valence-electron chi connectivity index (χ2n) is 10.9. The Bertz CT molecular complexity index is 2110. The van der Waals surface area contributed by atoms with Gasteiger partial charge in [-0.15, -0.1) is 0 Å². The van der Waals surface area contributed by atoms with E-state index in [4.69, 9.17) is 49.0 Å². The average molecular weight is 702 g/mol. The number of ether oxygens (including phenoxy) is 3. The number of methoxy groups -OCH3 is 1. The molecule has 0 aromatic heterocycles. The van der Waals surface area contributed by atoms with E-state index < -0.39 is 17.8 Å². The molecule has 1 N–H and O–H groups in total. The minimum Gasteiger partial charge on any atom is -0.493 e. The largest absolute Gasteiger partial charge is 0.493 e. The van der Waals surface area contributed by atoms with Crippen molar-refractivity contribution < 1.29 is 28.6 Å². The second-order valence-corrected chi connectivity index (χ2v) is 12.1. The molecule has 0 radical (unpaired) electrons. The molecule has 1 fully saturated rings. The highest BCUT2D eigenvalue weighted by Crippen LogP contribution is 2.38. The van der Waals surface area contributed by atoms with Crippen LogP contribution in [0.5, 0.6) is 17.2 Å². The Balaban J connectivity index is 1.21. The van der Waals surface area contributed by atoms with Crippen molar-refractivity contribution >= 4 is 75.2 Å². The number of imide groups is 2. The third kappa shape index (κ3) is 6.82. The number of aryl methyl sites for hydroxylation is 1. The van der Waals surface area contributed by atoms with Gasteiger partial charge in [0.1, 0.15) is 24.5 Å². The first-order valence-electron chi connectivity index (χ1n) is 14.7. The van der Waals surface area contributed by atoms with Crippen molar-refractivity contribution in [3.8, 4) is 17.2 Å². The van der Waals surface area contributed by atoms with E-state index in [9.17, 15) is 14.4 Å². The average Bonchev–Trinajstić information content (AvgIpc) is 3.06. The zero-order valence-corrected chi connectivity index (χ0v) is 28.0. The quantitative estimate of drug-likeness (QED) is 0.122. The van der Waals surface area contributed by atoms with Crippen LogP contribution >= 0.6 is 34.8 Å². The highest BCUT2D eigenvalue weighted by atomic mass is 35.5. The zero-order chi connectivity index (χ0) is 33.9. The summed E-state index contributed by atoms with van der Waals surface area (Å²) in [5.74, 6) is -0.568. The lowest BCUT2D eigenvalue weighted by atomic mass is 10.0. The molecule has 5 aromatic rings. The molecule has 0 atom stereocenters. The van der Waals surface area contributed by atoms with Gasteiger partial charge >= 0.3 is 6.03 Å². The molecule has 0 aliphatic carbocycles. The number of benzene rings is 5. The van der Waals surface area contributed by atoms with Crippen molar-refractivity contribution in [3.05, 3.63) is 134 Å². The van der Waals surface area contributed by atoms with E-state index in [1.54, 1.807) is 42.5 Å². The summed E-state index contributed by atoms with van der Waals surface area (Å²) in [7, 11) is 1.47. The van der Waals surface area contributed by atoms with Crippen molar-refractivity contribution in [2.75, 3.05) is 12.0 Å². The highest BCUT2D eigenvalue weighted by Gasteiger charge is 2.37. The standard InChI is InChI=1S/C37H27Cl3N2O6/c1-21-7-8-23-5-3-4-6-28(23)30(21)20-48-34-32(40)16-22(17-33(34)46-2)15-29-35(43)41-37(45)42(36(29)44)26-11-13-27(14-12-26)47-19-24-9-10-25(38)18-31(24)39/h3-18H,19-20H2,1-2H3,(H,41,43,45)/b29-15+. The van der Waals surface area contributed by atoms with Crippen LogP contribution in [0.25, 0.3) is 16.8 Å². The molecule has 6 rings (SSSR count). The second kappa shape index (κ2) is 14.0. The molecule has 8 nitrogen and oxygen atoms in total. The van der Waals surface area contributed by atoms with Gasteiger partial charge < -0.3 is 14.2 Å². The van der Waals surface area contributed by atoms with Gasteiger partial charge in [0.15, 0.2) is 11.5 Å². The maximum atomic E-state index is 13.5. The number of hydrogen-bond acceptors (Lipinski definition) is 6. The van der Waals surface area contributed by atoms with E-state index in [-0.39, 0.29) is 29.5 Å². The van der Waals surface area contributed by atoms with Gasteiger partial charge in [-0.2, -0.15) is 0 Å². The first kappa shape index (κ1) is 32.9. The van der Waals surface area contributed by atoms with E-state index in [1.807, 2.05) is 37.3 Å². The SMILES string of the molecule is COc1cc(/C=C2\C(=O)NC(=O)N(c3ccc(OCc4ccc(Cl)cc4Cl)cc3)C2=O)cc(Cl)c1OCc1c(C)ccc2ccccc12. The maximum Gasteiger partial charge on any atom is 0.335 e. The summed E-state index contributed by atoms with van der Waals surface area (Å²) in [6.07, 6.45) is 1.34. The lowest BCUT2D eigenvalue weighted by molar-refractivity contribution is -0.122. The Kier molecular flexibility index (Phi) is 9.59. The summed E-state index contributed by atoms with van der Waals surface area (Å²) in [6.45, 7) is 2.43. The highest BCUT2D eigenvalue weighted by molar-refractivity contribution is 6.39. The van der Waals surface area contributed by atoms with Crippen molar-refractivity contribution in [2.24, 2.45) is 0 Å². The molecule has 0 unspecified atom stereocenters. The number of urea groups is 1. The molecule has 5 aromatic carbocycles. The monoisotopic (exact) mass is 700 g/mol. The number of rotatable bonds is 9. The predicted octanol–water partition coefficient (Wildman–Crippen LogP) is 8.94. The molecule has 11 heteroatoms. The number of hydrogen-bond donors (Lipinski definition) is 1. The van der Waals surface area contributed by atoms with E-state index in [0.29, 0.717) is 32.9 Å². The fraction of sp³-hybridized carbons (Fsp3) is 0.108. The Morgan fingerprint density at radius 2 is 1.58 bits per heavy atom. The number of amides is 4. The normalized spacial score (nSPS) is 14.0. The molecule has 1 saturated heterocycles. The van der Waals surface area contributed by atoms with Crippen molar-refractivity contribution in [2.45, 2.75) is 20.1 Å². The third-order valence-electron chi connectivity index (χ3n) is 7.80. The Hall–Kier alpha value is -5.02. The van der Waals surface area contributed by atoms with Crippen LogP contribution in [0, 0.1) is 6.92 Å². The molecule has 0 saturated carbocycles. The molecule has 242 valence electrons. The minimum atomic E-state index is -0.883. The van der Waals surface area contributed by atoms with Gasteiger partial charge in [-0.3, -0.25) is 14.9 Å². The van der Waals surface area contributed by atoms with Gasteiger partial charge in [0.25, 0.3) is 11.8 Å². The van der Waals surface area contributed by atoms with Gasteiger partial charge in [-0.05, 0) is 83.4 Å². The number of halogens is 3. The maximum absolute atomic E-state index is 13.5. The van der Waals surface area contributed by atoms with Gasteiger partial charge in [0, 0.05) is 21.2 Å². The molecule has 1 heterocycles. The van der Waals surface area contributed by atoms with E-state index in [1.165, 1.54) is 25.3 Å². The van der Waals surface area contributed by atoms with E-state index in [2.05, 4.69) is 11.4 Å². The van der Waals surface area contributed by atoms with Crippen LogP contribution in [0.15, 0.2) is 96.6 Å². The molecular formula is C37H27Cl3N2O6. The number of nitrogens with one attached hydrogen (secondary N) is 1. The van der Waals surface area contributed by atoms with Crippen molar-refractivity contribution in [1.82, 2.24) is 5.32 Å². The fourth-order valence-electron chi connectivity index (χ4n) is 5.29. The summed E-state index contributed by atoms with van der Waals surface area (Å²) in [4.78, 5) is 40.1. The number of nitrogens with zero attached hydrogens (tertiary/aromatic N) is 1. The molecule has 1 aliphatic rings. The predicted molar refractivity (Wildman–Crippen MR) is 187 cm³/mol. The number of fused-ring (bicyclic) bond motifs is 1. The number of carbonyl (C=O) groups is 3. The lowest BCUT2D eigenvalue weighted by Crippen LogP contribution is -2.54. The number of carbonyl (C=O) groups excluding carboxylic acids is 3. The summed E-state index contributed by atoms with van der Waals surface area (Å²) in [5, 5.41) is 5.58. The third-order valence-corrected chi connectivity index (χ3v) is 8.67. The number of barbiturate groups is 1. The first-order chi connectivity index (χ1) is 23.1. The van der Waals surface area contributed by atoms with Crippen LogP contribution in [0.2, 0.25) is 15.1 Å². The molecule has 48 heavy (non-hydrogen) atoms. The van der Waals surface area contributed by atoms with E-state index in [0.717, 1.165) is 32.4 Å². The minimum absolute atomic E-state index is 0.179. The van der Waals surface area contributed by atoms with Gasteiger partial charge in [-0.1, -0.05) is 77.3 Å². The van der Waals surface area contributed by atoms with Crippen LogP contribution in [-0.2, 0) is 22.8 Å². The summed E-state index contributed by atoms with van der Waals surface area (Å²) >= 11 is 18.8. The van der Waals surface area contributed by atoms with Gasteiger partial charge in [0.2, 0.25) is 0 Å². The first-order valence-corrected chi connectivity index (χ1v) is 15.8. The fourth-order valence-corrected chi connectivity index (χ4v) is 6.03. The summed E-state index contributed by atoms with van der Waals surface area (Å²) < 4.78 is 17.6. The zero-order valence-electron chi connectivity index (χ0n) is 25.7. The van der Waals surface area contributed by atoms with Crippen molar-refractivity contribution in [3.63, 3.8) is 0 Å². The van der Waals surface area contributed by atoms with Crippen LogP contribution in [0.4, 0.5) is 10.5 Å².